The Morgan fingerprint density at radius 1 is 1.29 bits per heavy atom. The molecule has 3 heterocycles. The molecule has 0 amide bonds. The van der Waals surface area contributed by atoms with Gasteiger partial charge in [-0.2, -0.15) is 4.31 Å². The van der Waals surface area contributed by atoms with Gasteiger partial charge in [0.05, 0.1) is 11.1 Å². The van der Waals surface area contributed by atoms with Gasteiger partial charge in [0.2, 0.25) is 10.0 Å². The third-order valence-electron chi connectivity index (χ3n) is 5.07. The van der Waals surface area contributed by atoms with Crippen LogP contribution in [0.3, 0.4) is 0 Å². The number of sulfonamides is 1. The zero-order valence-electron chi connectivity index (χ0n) is 13.8. The molecule has 4 rings (SSSR count). The summed E-state index contributed by atoms with van der Waals surface area (Å²) >= 11 is 0. The monoisotopic (exact) mass is 347 g/mol. The summed E-state index contributed by atoms with van der Waals surface area (Å²) < 4.78 is 33.7. The molecule has 2 fully saturated rings. The van der Waals surface area contributed by atoms with Crippen LogP contribution in [0, 0.1) is 19.8 Å². The smallest absolute Gasteiger partial charge is 0.243 e. The van der Waals surface area contributed by atoms with Crippen LogP contribution >= 0.6 is 0 Å². The molecule has 7 heteroatoms. The molecule has 0 bridgehead atoms. The van der Waals surface area contributed by atoms with E-state index in [-0.39, 0.29) is 6.04 Å². The maximum Gasteiger partial charge on any atom is 0.243 e. The van der Waals surface area contributed by atoms with E-state index in [0.717, 1.165) is 30.6 Å². The van der Waals surface area contributed by atoms with Crippen molar-refractivity contribution in [2.45, 2.75) is 31.2 Å². The maximum absolute atomic E-state index is 13.2. The Bertz CT molecular complexity index is 875. The van der Waals surface area contributed by atoms with Gasteiger partial charge in [0.1, 0.15) is 0 Å². The minimum Gasteiger partial charge on any atom is -0.441 e. The van der Waals surface area contributed by atoms with Crippen molar-refractivity contribution in [3.8, 4) is 11.3 Å². The van der Waals surface area contributed by atoms with Crippen LogP contribution in [0.2, 0.25) is 0 Å². The first-order valence-electron chi connectivity index (χ1n) is 8.23. The summed E-state index contributed by atoms with van der Waals surface area (Å²) in [5.41, 5.74) is 1.49. The van der Waals surface area contributed by atoms with E-state index in [1.54, 1.807) is 23.5 Å². The van der Waals surface area contributed by atoms with Crippen LogP contribution in [0.25, 0.3) is 11.3 Å². The first kappa shape index (κ1) is 15.8. The number of nitrogens with one attached hydrogen (secondary N) is 1. The summed E-state index contributed by atoms with van der Waals surface area (Å²) in [4.78, 5) is 4.46. The fourth-order valence-corrected chi connectivity index (χ4v) is 5.71. The van der Waals surface area contributed by atoms with Gasteiger partial charge in [-0.05, 0) is 37.4 Å². The lowest BCUT2D eigenvalue weighted by atomic mass is 10.1. The van der Waals surface area contributed by atoms with E-state index in [9.17, 15) is 8.42 Å². The van der Waals surface area contributed by atoms with Crippen molar-refractivity contribution < 1.29 is 12.8 Å². The molecule has 24 heavy (non-hydrogen) atoms. The van der Waals surface area contributed by atoms with E-state index < -0.39 is 10.0 Å². The second-order valence-electron chi connectivity index (χ2n) is 6.61. The molecule has 2 saturated heterocycles. The second kappa shape index (κ2) is 5.68. The molecule has 2 atom stereocenters. The van der Waals surface area contributed by atoms with Gasteiger partial charge in [-0.3, -0.25) is 0 Å². The summed E-state index contributed by atoms with van der Waals surface area (Å²) in [5, 5.41) is 3.30. The van der Waals surface area contributed by atoms with Gasteiger partial charge in [0.25, 0.3) is 0 Å². The highest BCUT2D eigenvalue weighted by Gasteiger charge is 2.44. The fraction of sp³-hybridized carbons (Fsp3) is 0.471. The van der Waals surface area contributed by atoms with E-state index in [2.05, 4.69) is 10.3 Å². The lowest BCUT2D eigenvalue weighted by Crippen LogP contribution is -2.39. The Morgan fingerprint density at radius 3 is 2.88 bits per heavy atom. The lowest BCUT2D eigenvalue weighted by Gasteiger charge is -2.24. The third kappa shape index (κ3) is 2.47. The summed E-state index contributed by atoms with van der Waals surface area (Å²) in [5.74, 6) is 1.58. The molecule has 1 aromatic heterocycles. The molecule has 2 aromatic rings. The highest BCUT2D eigenvalue weighted by Crippen LogP contribution is 2.34. The van der Waals surface area contributed by atoms with Crippen LogP contribution in [0.4, 0.5) is 0 Å². The summed E-state index contributed by atoms with van der Waals surface area (Å²) in [7, 11) is -3.52. The first-order chi connectivity index (χ1) is 11.5. The van der Waals surface area contributed by atoms with Crippen LogP contribution in [0.15, 0.2) is 33.7 Å². The number of aromatic nitrogens is 1. The first-order valence-corrected chi connectivity index (χ1v) is 9.67. The Kier molecular flexibility index (Phi) is 3.74. The van der Waals surface area contributed by atoms with Gasteiger partial charge in [0.15, 0.2) is 11.7 Å². The van der Waals surface area contributed by atoms with Gasteiger partial charge >= 0.3 is 0 Å². The van der Waals surface area contributed by atoms with Crippen LogP contribution in [-0.2, 0) is 10.0 Å². The number of oxazole rings is 1. The molecule has 0 radical (unpaired) electrons. The number of benzene rings is 1. The highest BCUT2D eigenvalue weighted by molar-refractivity contribution is 7.89. The Hall–Kier alpha value is -1.70. The number of hydrogen-bond donors (Lipinski definition) is 1. The molecule has 0 saturated carbocycles. The zero-order chi connectivity index (χ0) is 16.9. The molecule has 128 valence electrons. The number of rotatable bonds is 3. The molecule has 2 aliphatic heterocycles. The standard InChI is InChI=1S/C17H21N3O3S/c1-11-3-4-13(16-10-19-12(2)23-16)7-17(11)24(21,22)20-6-5-14-8-18-9-15(14)20/h3-4,7,10,14-15,18H,5-6,8-9H2,1-2H3. The Labute approximate surface area is 141 Å². The van der Waals surface area contributed by atoms with Crippen molar-refractivity contribution in [2.24, 2.45) is 5.92 Å². The fourth-order valence-electron chi connectivity index (χ4n) is 3.76. The third-order valence-corrected chi connectivity index (χ3v) is 7.14. The van der Waals surface area contributed by atoms with Crippen LogP contribution in [0.5, 0.6) is 0 Å². The summed E-state index contributed by atoms with van der Waals surface area (Å²) in [6, 6.07) is 5.49. The predicted molar refractivity (Wildman–Crippen MR) is 90.1 cm³/mol. The van der Waals surface area contributed by atoms with Crippen molar-refractivity contribution in [3.05, 3.63) is 35.9 Å². The van der Waals surface area contributed by atoms with Gasteiger partial charge in [0, 0.05) is 31.6 Å². The second-order valence-corrected chi connectivity index (χ2v) is 8.47. The Balaban J connectivity index is 1.75. The topological polar surface area (TPSA) is 75.4 Å². The van der Waals surface area contributed by atoms with Crippen LogP contribution < -0.4 is 5.32 Å². The van der Waals surface area contributed by atoms with Crippen molar-refractivity contribution in [1.82, 2.24) is 14.6 Å². The van der Waals surface area contributed by atoms with E-state index in [1.165, 1.54) is 0 Å². The van der Waals surface area contributed by atoms with Crippen LogP contribution in [-0.4, -0.2) is 43.4 Å². The quantitative estimate of drug-likeness (QED) is 0.918. The van der Waals surface area contributed by atoms with E-state index in [4.69, 9.17) is 4.42 Å². The SMILES string of the molecule is Cc1ncc(-c2ccc(C)c(S(=O)(=O)N3CCC4CNCC43)c2)o1. The molecule has 0 aliphatic carbocycles. The molecular formula is C17H21N3O3S. The highest BCUT2D eigenvalue weighted by atomic mass is 32.2. The average Bonchev–Trinajstić information content (AvgIpc) is 3.23. The lowest BCUT2D eigenvalue weighted by molar-refractivity contribution is 0.382. The van der Waals surface area contributed by atoms with Crippen molar-refractivity contribution in [3.63, 3.8) is 0 Å². The summed E-state index contributed by atoms with van der Waals surface area (Å²) in [6.45, 7) is 5.86. The van der Waals surface area contributed by atoms with Crippen molar-refractivity contribution in [2.75, 3.05) is 19.6 Å². The van der Waals surface area contributed by atoms with Gasteiger partial charge < -0.3 is 9.73 Å². The molecule has 6 nitrogen and oxygen atoms in total. The average molecular weight is 347 g/mol. The number of fused-ring (bicyclic) bond motifs is 1. The minimum atomic E-state index is -3.52. The van der Waals surface area contributed by atoms with E-state index in [1.807, 2.05) is 19.1 Å². The Morgan fingerprint density at radius 2 is 2.12 bits per heavy atom. The zero-order valence-corrected chi connectivity index (χ0v) is 14.6. The maximum atomic E-state index is 13.2. The molecular weight excluding hydrogens is 326 g/mol. The van der Waals surface area contributed by atoms with E-state index in [0.29, 0.717) is 29.0 Å². The molecule has 1 N–H and O–H groups in total. The van der Waals surface area contributed by atoms with Crippen LogP contribution in [0.1, 0.15) is 17.9 Å². The van der Waals surface area contributed by atoms with Crippen molar-refractivity contribution in [1.29, 1.82) is 0 Å². The van der Waals surface area contributed by atoms with Gasteiger partial charge in [-0.15, -0.1) is 0 Å². The summed E-state index contributed by atoms with van der Waals surface area (Å²) in [6.07, 6.45) is 2.56. The molecule has 2 aliphatic rings. The van der Waals surface area contributed by atoms with Gasteiger partial charge in [-0.25, -0.2) is 13.4 Å². The number of hydrogen-bond acceptors (Lipinski definition) is 5. The van der Waals surface area contributed by atoms with Gasteiger partial charge in [-0.1, -0.05) is 12.1 Å². The molecule has 0 spiro atoms. The predicted octanol–water partition coefficient (Wildman–Crippen LogP) is 1.94. The number of aryl methyl sites for hydroxylation is 2. The van der Waals surface area contributed by atoms with Crippen molar-refractivity contribution >= 4 is 10.0 Å². The minimum absolute atomic E-state index is 0.0746. The molecule has 2 unspecified atom stereocenters. The normalized spacial score (nSPS) is 24.4. The molecule has 1 aromatic carbocycles. The largest absolute Gasteiger partial charge is 0.441 e. The number of nitrogens with zero attached hydrogens (tertiary/aromatic N) is 2. The van der Waals surface area contributed by atoms with E-state index >= 15 is 0 Å².